The molecule has 0 aliphatic carbocycles. The Kier molecular flexibility index (Phi) is 8.58. The van der Waals surface area contributed by atoms with Gasteiger partial charge in [0.05, 0.1) is 11.4 Å². The van der Waals surface area contributed by atoms with Crippen molar-refractivity contribution in [3.8, 4) is 5.75 Å². The van der Waals surface area contributed by atoms with E-state index in [0.29, 0.717) is 16.4 Å². The van der Waals surface area contributed by atoms with Crippen molar-refractivity contribution in [1.29, 1.82) is 0 Å². The average Bonchev–Trinajstić information content (AvgIpc) is 3.22. The van der Waals surface area contributed by atoms with Gasteiger partial charge in [-0.2, -0.15) is 8.78 Å². The monoisotopic (exact) mass is 535 g/mol. The van der Waals surface area contributed by atoms with Gasteiger partial charge in [-0.25, -0.2) is 4.99 Å². The first-order valence-corrected chi connectivity index (χ1v) is 13.0. The second-order valence-corrected chi connectivity index (χ2v) is 9.63. The third-order valence-corrected chi connectivity index (χ3v) is 6.82. The highest BCUT2D eigenvalue weighted by Gasteiger charge is 2.32. The number of benzene rings is 3. The number of thioether (sulfide) groups is 1. The zero-order chi connectivity index (χ0) is 27.2. The predicted molar refractivity (Wildman–Crippen MR) is 149 cm³/mol. The van der Waals surface area contributed by atoms with Crippen LogP contribution in [0.5, 0.6) is 5.75 Å². The minimum atomic E-state index is -2.95. The number of hydrogen-bond donors (Lipinski definition) is 0. The Bertz CT molecular complexity index is 1350. The molecule has 0 N–H and O–H groups in total. The van der Waals surface area contributed by atoms with Crippen molar-refractivity contribution >= 4 is 46.1 Å². The fourth-order valence-corrected chi connectivity index (χ4v) is 4.67. The first-order chi connectivity index (χ1) is 18.2. The van der Waals surface area contributed by atoms with Gasteiger partial charge in [0.25, 0.3) is 5.91 Å². The molecule has 0 bridgehead atoms. The Morgan fingerprint density at radius 1 is 1.03 bits per heavy atom. The molecule has 38 heavy (non-hydrogen) atoms. The van der Waals surface area contributed by atoms with Gasteiger partial charge in [-0.3, -0.25) is 14.5 Å². The van der Waals surface area contributed by atoms with Gasteiger partial charge in [0.15, 0.2) is 11.0 Å². The summed E-state index contributed by atoms with van der Waals surface area (Å²) in [5.74, 6) is -0.425. The highest BCUT2D eigenvalue weighted by Crippen LogP contribution is 2.31. The third-order valence-electron chi connectivity index (χ3n) is 5.88. The largest absolute Gasteiger partial charge is 0.435 e. The number of halogens is 2. The van der Waals surface area contributed by atoms with Crippen molar-refractivity contribution in [2.45, 2.75) is 20.0 Å². The summed E-state index contributed by atoms with van der Waals surface area (Å²) in [4.78, 5) is 34.2. The van der Waals surface area contributed by atoms with Crippen molar-refractivity contribution < 1.29 is 23.1 Å². The van der Waals surface area contributed by atoms with Crippen LogP contribution in [0.1, 0.15) is 28.4 Å². The molecule has 3 aromatic rings. The maximum atomic E-state index is 13.4. The number of rotatable bonds is 9. The molecule has 9 heteroatoms. The first kappa shape index (κ1) is 27.1. The summed E-state index contributed by atoms with van der Waals surface area (Å²) in [6, 6.07) is 20.8. The van der Waals surface area contributed by atoms with E-state index in [2.05, 4.69) is 9.73 Å². The van der Waals surface area contributed by atoms with Crippen molar-refractivity contribution in [2.75, 3.05) is 29.6 Å². The fourth-order valence-electron chi connectivity index (χ4n) is 3.76. The molecule has 1 aliphatic rings. The summed E-state index contributed by atoms with van der Waals surface area (Å²) in [7, 11) is 3.88. The molecule has 1 aliphatic heterocycles. The van der Waals surface area contributed by atoms with Crippen LogP contribution in [0, 0.1) is 0 Å². The Balaban J connectivity index is 1.60. The third kappa shape index (κ3) is 6.47. The van der Waals surface area contributed by atoms with Crippen LogP contribution in [0.3, 0.4) is 0 Å². The standard InChI is InChI=1S/C29H27F2N3O3S/c1-4-19-5-9-21(10-6-19)26(35)18-38-29-32-25(17-20-7-11-22(12-8-20)33(2)3)27(36)34(29)23-13-15-24(16-14-23)37-28(30)31/h5-17,28H,4,18H2,1-3H3/b25-17-. The van der Waals surface area contributed by atoms with Crippen LogP contribution in [-0.2, 0) is 11.2 Å². The summed E-state index contributed by atoms with van der Waals surface area (Å²) in [5, 5.41) is 0.326. The number of aliphatic imine (C=N–C) groups is 1. The van der Waals surface area contributed by atoms with E-state index in [1.807, 2.05) is 62.3 Å². The maximum Gasteiger partial charge on any atom is 0.387 e. The highest BCUT2D eigenvalue weighted by molar-refractivity contribution is 8.14. The van der Waals surface area contributed by atoms with Crippen molar-refractivity contribution in [1.82, 2.24) is 0 Å². The van der Waals surface area contributed by atoms with Gasteiger partial charge in [0.1, 0.15) is 11.4 Å². The summed E-state index contributed by atoms with van der Waals surface area (Å²) < 4.78 is 29.6. The van der Waals surface area contributed by atoms with Gasteiger partial charge in [-0.05, 0) is 60.0 Å². The maximum absolute atomic E-state index is 13.4. The normalized spacial score (nSPS) is 14.3. The molecule has 0 atom stereocenters. The number of amidine groups is 1. The number of alkyl halides is 2. The van der Waals surface area contributed by atoms with Crippen molar-refractivity contribution in [3.05, 3.63) is 95.2 Å². The molecule has 0 unspecified atom stereocenters. The van der Waals surface area contributed by atoms with E-state index in [9.17, 15) is 18.4 Å². The number of ketones is 1. The molecule has 0 spiro atoms. The number of aryl methyl sites for hydroxylation is 1. The van der Waals surface area contributed by atoms with Crippen LogP contribution in [0.4, 0.5) is 20.2 Å². The molecule has 0 fully saturated rings. The topological polar surface area (TPSA) is 62.2 Å². The summed E-state index contributed by atoms with van der Waals surface area (Å²) in [5.41, 5.74) is 4.16. The highest BCUT2D eigenvalue weighted by atomic mass is 32.2. The Morgan fingerprint density at radius 3 is 2.26 bits per heavy atom. The van der Waals surface area contributed by atoms with Crippen LogP contribution >= 0.6 is 11.8 Å². The zero-order valence-corrected chi connectivity index (χ0v) is 22.0. The number of amides is 1. The summed E-state index contributed by atoms with van der Waals surface area (Å²) in [6.45, 7) is -0.905. The van der Waals surface area contributed by atoms with Crippen LogP contribution < -0.4 is 14.5 Å². The lowest BCUT2D eigenvalue weighted by Crippen LogP contribution is -2.30. The molecule has 3 aromatic carbocycles. The van der Waals surface area contributed by atoms with E-state index in [0.717, 1.165) is 35.0 Å². The van der Waals surface area contributed by atoms with Crippen LogP contribution in [-0.4, -0.2) is 43.3 Å². The van der Waals surface area contributed by atoms with Crippen molar-refractivity contribution in [3.63, 3.8) is 0 Å². The molecular weight excluding hydrogens is 508 g/mol. The van der Waals surface area contributed by atoms with E-state index < -0.39 is 6.61 Å². The zero-order valence-electron chi connectivity index (χ0n) is 21.2. The first-order valence-electron chi connectivity index (χ1n) is 12.0. The molecule has 0 saturated heterocycles. The Hall–Kier alpha value is -3.98. The Morgan fingerprint density at radius 2 is 1.68 bits per heavy atom. The van der Waals surface area contributed by atoms with Crippen LogP contribution in [0.15, 0.2) is 83.5 Å². The van der Waals surface area contributed by atoms with Crippen molar-refractivity contribution in [2.24, 2.45) is 4.99 Å². The number of ether oxygens (including phenoxy) is 1. The van der Waals surface area contributed by atoms with Gasteiger partial charge in [0.2, 0.25) is 0 Å². The quantitative estimate of drug-likeness (QED) is 0.239. The van der Waals surface area contributed by atoms with E-state index in [-0.39, 0.29) is 28.9 Å². The average molecular weight is 536 g/mol. The number of carbonyl (C=O) groups excluding carboxylic acids is 2. The van der Waals surface area contributed by atoms with Gasteiger partial charge < -0.3 is 9.64 Å². The lowest BCUT2D eigenvalue weighted by Gasteiger charge is -2.18. The van der Waals surface area contributed by atoms with E-state index >= 15 is 0 Å². The van der Waals surface area contributed by atoms with Gasteiger partial charge in [-0.15, -0.1) is 0 Å². The molecule has 1 heterocycles. The van der Waals surface area contributed by atoms with Crippen LogP contribution in [0.2, 0.25) is 0 Å². The van der Waals surface area contributed by atoms with Gasteiger partial charge in [-0.1, -0.05) is 55.1 Å². The number of nitrogens with zero attached hydrogens (tertiary/aromatic N) is 3. The molecule has 196 valence electrons. The minimum Gasteiger partial charge on any atom is -0.435 e. The minimum absolute atomic E-state index is 0.0241. The second kappa shape index (κ2) is 12.0. The number of Topliss-reactive ketones (excluding diaryl/α,β-unsaturated/α-hetero) is 1. The molecule has 6 nitrogen and oxygen atoms in total. The molecule has 1 amide bonds. The van der Waals surface area contributed by atoms with Gasteiger partial charge in [0, 0.05) is 25.3 Å². The number of carbonyl (C=O) groups is 2. The van der Waals surface area contributed by atoms with E-state index in [1.165, 1.54) is 29.2 Å². The van der Waals surface area contributed by atoms with Crippen LogP contribution in [0.25, 0.3) is 6.08 Å². The lowest BCUT2D eigenvalue weighted by atomic mass is 10.1. The molecular formula is C29H27F2N3O3S. The van der Waals surface area contributed by atoms with E-state index in [4.69, 9.17) is 0 Å². The smallest absolute Gasteiger partial charge is 0.387 e. The summed E-state index contributed by atoms with van der Waals surface area (Å²) >= 11 is 1.15. The second-order valence-electron chi connectivity index (χ2n) is 8.69. The molecule has 4 rings (SSSR count). The molecule has 0 radical (unpaired) electrons. The van der Waals surface area contributed by atoms with Gasteiger partial charge >= 0.3 is 6.61 Å². The summed E-state index contributed by atoms with van der Waals surface area (Å²) in [6.07, 6.45) is 2.56. The molecule has 0 aromatic heterocycles. The van der Waals surface area contributed by atoms with E-state index in [1.54, 1.807) is 18.2 Å². The molecule has 0 saturated carbocycles. The lowest BCUT2D eigenvalue weighted by molar-refractivity contribution is -0.113. The predicted octanol–water partition coefficient (Wildman–Crippen LogP) is 6.28. The number of hydrogen-bond acceptors (Lipinski definition) is 6. The Labute approximate surface area is 224 Å². The SMILES string of the molecule is CCc1ccc(C(=O)CSC2=N/C(=C\c3ccc(N(C)C)cc3)C(=O)N2c2ccc(OC(F)F)cc2)cc1. The fraction of sp³-hybridized carbons (Fsp3) is 0.207. The number of anilines is 2.